The van der Waals surface area contributed by atoms with Crippen LogP contribution in [-0.2, 0) is 0 Å². The number of hydrogen-bond acceptors (Lipinski definition) is 11. The van der Waals surface area contributed by atoms with Crippen molar-refractivity contribution in [3.8, 4) is 10.6 Å². The summed E-state index contributed by atoms with van der Waals surface area (Å²) in [7, 11) is 0. The largest absolute Gasteiger partial charge is 0.396 e. The normalized spacial score (nSPS) is 23.1. The van der Waals surface area contributed by atoms with Gasteiger partial charge in [-0.3, -0.25) is 4.98 Å². The Morgan fingerprint density at radius 2 is 1.84 bits per heavy atom. The first-order valence-electron chi connectivity index (χ1n) is 12.7. The summed E-state index contributed by atoms with van der Waals surface area (Å²) in [4.78, 5) is 18.7. The van der Waals surface area contributed by atoms with Crippen molar-refractivity contribution in [3.05, 3.63) is 23.7 Å². The van der Waals surface area contributed by atoms with Crippen LogP contribution in [0, 0.1) is 25.7 Å². The van der Waals surface area contributed by atoms with Gasteiger partial charge in [0.2, 0.25) is 5.95 Å². The highest BCUT2D eigenvalue weighted by molar-refractivity contribution is 7.21. The van der Waals surface area contributed by atoms with Crippen molar-refractivity contribution in [2.45, 2.75) is 84.3 Å². The van der Waals surface area contributed by atoms with Crippen LogP contribution in [0.3, 0.4) is 0 Å². The van der Waals surface area contributed by atoms with Crippen LogP contribution in [0.5, 0.6) is 0 Å². The third-order valence-corrected chi connectivity index (χ3v) is 8.05. The van der Waals surface area contributed by atoms with E-state index in [-0.39, 0.29) is 12.6 Å². The maximum atomic E-state index is 10.8. The van der Waals surface area contributed by atoms with E-state index in [0.29, 0.717) is 46.8 Å². The van der Waals surface area contributed by atoms with Crippen LogP contribution in [0.2, 0.25) is 0 Å². The zero-order valence-electron chi connectivity index (χ0n) is 22.2. The monoisotopic (exact) mass is 530 g/mol. The molecule has 202 valence electrons. The second-order valence-electron chi connectivity index (χ2n) is 11.0. The van der Waals surface area contributed by atoms with Gasteiger partial charge in [0.05, 0.1) is 45.4 Å². The molecule has 0 aromatic carbocycles. The maximum Gasteiger partial charge on any atom is 0.225 e. The number of aliphatic hydroxyl groups excluding tert-OH is 3. The molecule has 5 atom stereocenters. The third kappa shape index (κ3) is 5.85. The van der Waals surface area contributed by atoms with Crippen molar-refractivity contribution < 1.29 is 20.4 Å². The van der Waals surface area contributed by atoms with Crippen LogP contribution >= 0.6 is 11.3 Å². The Bertz CT molecular complexity index is 1240. The molecule has 10 nitrogen and oxygen atoms in total. The maximum absolute atomic E-state index is 10.8. The van der Waals surface area contributed by atoms with Crippen LogP contribution in [-0.4, -0.2) is 76.9 Å². The van der Waals surface area contributed by atoms with Crippen LogP contribution in [0.15, 0.2) is 12.3 Å². The molecule has 3 aromatic rings. The highest BCUT2D eigenvalue weighted by Crippen LogP contribution is 2.38. The fraction of sp³-hybridized carbons (Fsp3) is 0.615. The average molecular weight is 531 g/mol. The molecule has 1 unspecified atom stereocenters. The number of aliphatic hydroxyl groups is 4. The highest BCUT2D eigenvalue weighted by Gasteiger charge is 2.41. The molecular formula is C26H38N6O4S. The number of nitrogens with one attached hydrogen (secondary N) is 2. The van der Waals surface area contributed by atoms with E-state index in [4.69, 9.17) is 15.0 Å². The molecule has 0 saturated heterocycles. The van der Waals surface area contributed by atoms with Gasteiger partial charge in [-0.05, 0) is 52.5 Å². The molecule has 6 N–H and O–H groups in total. The lowest BCUT2D eigenvalue weighted by molar-refractivity contribution is 0.00446. The lowest BCUT2D eigenvalue weighted by Crippen LogP contribution is -2.43. The number of aromatic nitrogens is 4. The molecule has 0 spiro atoms. The first kappa shape index (κ1) is 27.6. The van der Waals surface area contributed by atoms with E-state index < -0.39 is 29.8 Å². The summed E-state index contributed by atoms with van der Waals surface area (Å²) < 4.78 is 0.991. The number of aryl methyl sites for hydroxylation is 2. The van der Waals surface area contributed by atoms with E-state index >= 15 is 0 Å². The Morgan fingerprint density at radius 1 is 1.11 bits per heavy atom. The van der Waals surface area contributed by atoms with Gasteiger partial charge >= 0.3 is 0 Å². The highest BCUT2D eigenvalue weighted by atomic mass is 32.1. The third-order valence-electron chi connectivity index (χ3n) is 7.02. The minimum Gasteiger partial charge on any atom is -0.396 e. The van der Waals surface area contributed by atoms with Crippen molar-refractivity contribution in [2.75, 3.05) is 17.2 Å². The fourth-order valence-electron chi connectivity index (χ4n) is 4.86. The van der Waals surface area contributed by atoms with E-state index in [1.54, 1.807) is 20.0 Å². The van der Waals surface area contributed by atoms with E-state index in [1.807, 2.05) is 19.9 Å². The van der Waals surface area contributed by atoms with Crippen LogP contribution in [0.1, 0.15) is 51.9 Å². The molecule has 1 fully saturated rings. The molecule has 0 amide bonds. The van der Waals surface area contributed by atoms with Crippen molar-refractivity contribution in [2.24, 2.45) is 11.8 Å². The molecule has 0 radical (unpaired) electrons. The minimum atomic E-state index is -1.07. The Kier molecular flexibility index (Phi) is 8.01. The average Bonchev–Trinajstić information content (AvgIpc) is 3.35. The van der Waals surface area contributed by atoms with Crippen LogP contribution < -0.4 is 10.6 Å². The SMILES string of the molecule is Cc1nc(NC(CC(C)C)C(C)(C)O)nc(N[C@@H]2C[C@H](CO)[C@@H](O)[C@H]2O)c1-c1nc2c(C)nccc2s1. The molecule has 0 aliphatic heterocycles. The molecule has 3 aromatic heterocycles. The number of hydrogen-bond donors (Lipinski definition) is 6. The number of thiazole rings is 1. The van der Waals surface area contributed by atoms with Gasteiger partial charge < -0.3 is 31.1 Å². The lowest BCUT2D eigenvalue weighted by Gasteiger charge is -2.32. The van der Waals surface area contributed by atoms with Gasteiger partial charge in [0.15, 0.2) is 0 Å². The van der Waals surface area contributed by atoms with E-state index in [1.165, 1.54) is 11.3 Å². The topological polar surface area (TPSA) is 157 Å². The smallest absolute Gasteiger partial charge is 0.225 e. The summed E-state index contributed by atoms with van der Waals surface area (Å²) in [6.07, 6.45) is 0.752. The molecule has 0 bridgehead atoms. The van der Waals surface area contributed by atoms with Crippen molar-refractivity contribution in [1.82, 2.24) is 19.9 Å². The summed E-state index contributed by atoms with van der Waals surface area (Å²) in [6, 6.07) is 1.11. The summed E-state index contributed by atoms with van der Waals surface area (Å²) in [6.45, 7) is 11.3. The molecule has 3 heterocycles. The Balaban J connectivity index is 1.78. The van der Waals surface area contributed by atoms with E-state index in [0.717, 1.165) is 15.9 Å². The molecule has 37 heavy (non-hydrogen) atoms. The van der Waals surface area contributed by atoms with Gasteiger partial charge in [-0.1, -0.05) is 13.8 Å². The standard InChI is InChI=1S/C26H38N6O4S/c1-12(2)9-18(26(5,6)36)30-25-28-13(3)19(24-31-20-14(4)27-8-7-17(20)37-24)23(32-25)29-16-10-15(11-33)21(34)22(16)35/h7-8,12,15-16,18,21-22,33-36H,9-11H2,1-6H3,(H2,28,29,30,32)/t15-,16-,18?,21-,22+/m1/s1. The number of fused-ring (bicyclic) bond motifs is 1. The number of pyridine rings is 1. The summed E-state index contributed by atoms with van der Waals surface area (Å²) in [5.74, 6) is 0.723. The first-order valence-corrected chi connectivity index (χ1v) is 13.5. The second kappa shape index (κ2) is 10.7. The predicted molar refractivity (Wildman–Crippen MR) is 146 cm³/mol. The molecule has 1 aliphatic carbocycles. The number of anilines is 2. The number of rotatable bonds is 9. The minimum absolute atomic E-state index is 0.217. The van der Waals surface area contributed by atoms with Gasteiger partial charge in [0, 0.05) is 18.7 Å². The molecular weight excluding hydrogens is 492 g/mol. The molecule has 4 rings (SSSR count). The first-order chi connectivity index (χ1) is 17.4. The van der Waals surface area contributed by atoms with Crippen LogP contribution in [0.25, 0.3) is 20.8 Å². The summed E-state index contributed by atoms with van der Waals surface area (Å²) in [5.41, 5.74) is 2.00. The molecule has 1 aliphatic rings. The van der Waals surface area contributed by atoms with Gasteiger partial charge in [0.1, 0.15) is 22.4 Å². The van der Waals surface area contributed by atoms with Gasteiger partial charge in [0.25, 0.3) is 0 Å². The van der Waals surface area contributed by atoms with Gasteiger partial charge in [-0.15, -0.1) is 11.3 Å². The Hall–Kier alpha value is -2.44. The predicted octanol–water partition coefficient (Wildman–Crippen LogP) is 2.88. The summed E-state index contributed by atoms with van der Waals surface area (Å²) >= 11 is 1.51. The zero-order chi connectivity index (χ0) is 27.1. The fourth-order valence-corrected chi connectivity index (χ4v) is 5.97. The summed E-state index contributed by atoms with van der Waals surface area (Å²) in [5, 5.41) is 48.8. The Labute approximate surface area is 221 Å². The van der Waals surface area contributed by atoms with Crippen molar-refractivity contribution in [1.29, 1.82) is 0 Å². The van der Waals surface area contributed by atoms with Crippen molar-refractivity contribution >= 4 is 33.3 Å². The van der Waals surface area contributed by atoms with Gasteiger partial charge in [-0.25, -0.2) is 9.97 Å². The van der Waals surface area contributed by atoms with Gasteiger partial charge in [-0.2, -0.15) is 4.98 Å². The van der Waals surface area contributed by atoms with Crippen molar-refractivity contribution in [3.63, 3.8) is 0 Å². The quantitative estimate of drug-likeness (QED) is 0.243. The second-order valence-corrected chi connectivity index (χ2v) is 12.0. The molecule has 11 heteroatoms. The lowest BCUT2D eigenvalue weighted by atomic mass is 9.91. The molecule has 1 saturated carbocycles. The van der Waals surface area contributed by atoms with E-state index in [2.05, 4.69) is 29.5 Å². The van der Waals surface area contributed by atoms with E-state index in [9.17, 15) is 20.4 Å². The zero-order valence-corrected chi connectivity index (χ0v) is 23.0. The Morgan fingerprint density at radius 3 is 2.43 bits per heavy atom. The van der Waals surface area contributed by atoms with Crippen LogP contribution in [0.4, 0.5) is 11.8 Å². The number of nitrogens with zero attached hydrogens (tertiary/aromatic N) is 4.